The summed E-state index contributed by atoms with van der Waals surface area (Å²) in [7, 11) is 0. The highest BCUT2D eigenvalue weighted by Crippen LogP contribution is 2.38. The Morgan fingerprint density at radius 2 is 1.68 bits per heavy atom. The fourth-order valence-corrected chi connectivity index (χ4v) is 4.51. The number of nitrogens with one attached hydrogen (secondary N) is 1. The molecule has 2 heterocycles. The summed E-state index contributed by atoms with van der Waals surface area (Å²) < 4.78 is 5.80. The van der Waals surface area contributed by atoms with Gasteiger partial charge in [-0.2, -0.15) is 4.98 Å². The molecule has 4 aromatic rings. The van der Waals surface area contributed by atoms with Gasteiger partial charge in [-0.05, 0) is 61.5 Å². The molecule has 1 unspecified atom stereocenters. The van der Waals surface area contributed by atoms with Crippen LogP contribution in [0.5, 0.6) is 0 Å². The quantitative estimate of drug-likeness (QED) is 0.322. The van der Waals surface area contributed by atoms with E-state index in [1.807, 2.05) is 42.5 Å². The molecule has 170 valence electrons. The van der Waals surface area contributed by atoms with Gasteiger partial charge in [-0.3, -0.25) is 0 Å². The van der Waals surface area contributed by atoms with Gasteiger partial charge in [0.05, 0.1) is 11.6 Å². The molecule has 0 spiro atoms. The van der Waals surface area contributed by atoms with Gasteiger partial charge in [0.25, 0.3) is 5.89 Å². The summed E-state index contributed by atoms with van der Waals surface area (Å²) in [6.07, 6.45) is 0. The Morgan fingerprint density at radius 3 is 2.38 bits per heavy atom. The summed E-state index contributed by atoms with van der Waals surface area (Å²) in [6.45, 7) is 4.78. The van der Waals surface area contributed by atoms with Crippen LogP contribution in [0, 0.1) is 6.92 Å². The lowest BCUT2D eigenvalue weighted by atomic mass is 9.94. The van der Waals surface area contributed by atoms with Gasteiger partial charge in [0, 0.05) is 22.8 Å². The first-order valence-electron chi connectivity index (χ1n) is 11.0. The van der Waals surface area contributed by atoms with Gasteiger partial charge in [-0.25, -0.2) is 0 Å². The van der Waals surface area contributed by atoms with Gasteiger partial charge in [0.1, 0.15) is 0 Å². The molecule has 0 saturated heterocycles. The molecule has 0 saturated carbocycles. The highest BCUT2D eigenvalue weighted by atomic mass is 35.5. The second-order valence-electron chi connectivity index (χ2n) is 8.29. The topological polar surface area (TPSA) is 54.2 Å². The number of hydrogen-bond donors (Lipinski definition) is 1. The molecule has 0 amide bonds. The molecule has 1 aliphatic heterocycles. The van der Waals surface area contributed by atoms with E-state index in [4.69, 9.17) is 33.3 Å². The molecular formula is C27H23ClN4OS. The lowest BCUT2D eigenvalue weighted by Gasteiger charge is -2.37. The van der Waals surface area contributed by atoms with Crippen LogP contribution in [0.4, 0.5) is 0 Å². The molecule has 1 aromatic heterocycles. The summed E-state index contributed by atoms with van der Waals surface area (Å²) in [5.41, 5.74) is 6.18. The van der Waals surface area contributed by atoms with Crippen molar-refractivity contribution >= 4 is 34.5 Å². The summed E-state index contributed by atoms with van der Waals surface area (Å²) in [6, 6.07) is 25.8. The lowest BCUT2D eigenvalue weighted by molar-refractivity contribution is 0.396. The number of benzene rings is 3. The van der Waals surface area contributed by atoms with E-state index < -0.39 is 0 Å². The maximum Gasteiger partial charge on any atom is 0.258 e. The van der Waals surface area contributed by atoms with E-state index >= 15 is 0 Å². The highest BCUT2D eigenvalue weighted by Gasteiger charge is 2.34. The van der Waals surface area contributed by atoms with Gasteiger partial charge in [0.15, 0.2) is 5.11 Å². The van der Waals surface area contributed by atoms with Crippen LogP contribution >= 0.6 is 23.8 Å². The van der Waals surface area contributed by atoms with Gasteiger partial charge < -0.3 is 14.7 Å². The number of aromatic nitrogens is 2. The standard InChI is InChI=1S/C27H23ClN4OS/c1-17-8-10-19(11-9-17)16-32-18(2)23(24(29-27(32)34)20-6-4-3-5-7-20)26-30-25(31-33-26)21-12-14-22(28)15-13-21/h3-15,24H,16H2,1-2H3,(H,29,34). The minimum absolute atomic E-state index is 0.207. The van der Waals surface area contributed by atoms with Crippen LogP contribution in [-0.4, -0.2) is 20.2 Å². The molecule has 0 aliphatic carbocycles. The zero-order chi connectivity index (χ0) is 23.7. The van der Waals surface area contributed by atoms with Crippen LogP contribution in [0.25, 0.3) is 17.0 Å². The molecule has 1 N–H and O–H groups in total. The number of nitrogens with zero attached hydrogens (tertiary/aromatic N) is 3. The predicted molar refractivity (Wildman–Crippen MR) is 139 cm³/mol. The number of rotatable bonds is 5. The predicted octanol–water partition coefficient (Wildman–Crippen LogP) is 6.56. The van der Waals surface area contributed by atoms with Gasteiger partial charge in [-0.1, -0.05) is 76.9 Å². The molecule has 3 aromatic carbocycles. The van der Waals surface area contributed by atoms with Crippen molar-refractivity contribution < 1.29 is 4.52 Å². The SMILES string of the molecule is CC1=C(c2nc(-c3ccc(Cl)cc3)no2)C(c2ccccc2)NC(=S)N1Cc1ccc(C)cc1. The van der Waals surface area contributed by atoms with Gasteiger partial charge in [0.2, 0.25) is 5.82 Å². The largest absolute Gasteiger partial charge is 0.351 e. The Hall–Kier alpha value is -3.48. The van der Waals surface area contributed by atoms with Crippen LogP contribution in [0.2, 0.25) is 5.02 Å². The Morgan fingerprint density at radius 1 is 0.971 bits per heavy atom. The molecule has 0 fully saturated rings. The van der Waals surface area contributed by atoms with E-state index in [0.29, 0.717) is 28.4 Å². The van der Waals surface area contributed by atoms with E-state index in [-0.39, 0.29) is 6.04 Å². The lowest BCUT2D eigenvalue weighted by Crippen LogP contribution is -2.45. The van der Waals surface area contributed by atoms with E-state index in [1.54, 1.807) is 0 Å². The summed E-state index contributed by atoms with van der Waals surface area (Å²) >= 11 is 11.8. The zero-order valence-corrected chi connectivity index (χ0v) is 20.4. The second-order valence-corrected chi connectivity index (χ2v) is 9.12. The molecule has 7 heteroatoms. The number of thiocarbonyl (C=S) groups is 1. The molecular weight excluding hydrogens is 464 g/mol. The van der Waals surface area contributed by atoms with Crippen LogP contribution < -0.4 is 5.32 Å². The average molecular weight is 487 g/mol. The van der Waals surface area contributed by atoms with Crippen LogP contribution in [0.3, 0.4) is 0 Å². The number of hydrogen-bond acceptors (Lipinski definition) is 4. The minimum Gasteiger partial charge on any atom is -0.351 e. The molecule has 1 aliphatic rings. The average Bonchev–Trinajstić information content (AvgIpc) is 3.33. The van der Waals surface area contributed by atoms with Crippen LogP contribution in [0.1, 0.15) is 35.5 Å². The third-order valence-corrected chi connectivity index (χ3v) is 6.54. The monoisotopic (exact) mass is 486 g/mol. The first kappa shape index (κ1) is 22.3. The van der Waals surface area contributed by atoms with Crippen molar-refractivity contribution in [2.75, 3.05) is 0 Å². The molecule has 0 radical (unpaired) electrons. The Bertz CT molecular complexity index is 1350. The second kappa shape index (κ2) is 9.41. The zero-order valence-electron chi connectivity index (χ0n) is 18.8. The van der Waals surface area contributed by atoms with Crippen molar-refractivity contribution in [3.05, 3.63) is 112 Å². The van der Waals surface area contributed by atoms with Crippen molar-refractivity contribution in [2.45, 2.75) is 26.4 Å². The Balaban J connectivity index is 1.58. The maximum absolute atomic E-state index is 6.04. The van der Waals surface area contributed by atoms with E-state index in [0.717, 1.165) is 22.4 Å². The summed E-state index contributed by atoms with van der Waals surface area (Å²) in [4.78, 5) is 6.83. The van der Waals surface area contributed by atoms with Crippen molar-refractivity contribution in [1.82, 2.24) is 20.4 Å². The minimum atomic E-state index is -0.207. The number of allylic oxidation sites excluding steroid dienone is 1. The molecule has 1 atom stereocenters. The van der Waals surface area contributed by atoms with Crippen molar-refractivity contribution in [2.24, 2.45) is 0 Å². The van der Waals surface area contributed by atoms with Crippen LogP contribution in [0.15, 0.2) is 89.1 Å². The summed E-state index contributed by atoms with van der Waals surface area (Å²) in [5.74, 6) is 0.970. The fraction of sp³-hybridized carbons (Fsp3) is 0.148. The number of aryl methyl sites for hydroxylation is 1. The first-order chi connectivity index (χ1) is 16.5. The normalized spacial score (nSPS) is 16.0. The van der Waals surface area contributed by atoms with Crippen molar-refractivity contribution in [3.8, 4) is 11.4 Å². The Kier molecular flexibility index (Phi) is 6.18. The fourth-order valence-electron chi connectivity index (χ4n) is 4.07. The molecule has 5 rings (SSSR count). The molecule has 5 nitrogen and oxygen atoms in total. The first-order valence-corrected chi connectivity index (χ1v) is 11.8. The number of halogens is 1. The Labute approximate surface area is 209 Å². The third kappa shape index (κ3) is 4.47. The van der Waals surface area contributed by atoms with E-state index in [9.17, 15) is 0 Å². The van der Waals surface area contributed by atoms with Gasteiger partial charge in [-0.15, -0.1) is 0 Å². The summed E-state index contributed by atoms with van der Waals surface area (Å²) in [5, 5.41) is 9.07. The van der Waals surface area contributed by atoms with E-state index in [2.05, 4.69) is 65.6 Å². The third-order valence-electron chi connectivity index (χ3n) is 5.95. The van der Waals surface area contributed by atoms with Crippen molar-refractivity contribution in [1.29, 1.82) is 0 Å². The van der Waals surface area contributed by atoms with Gasteiger partial charge >= 0.3 is 0 Å². The smallest absolute Gasteiger partial charge is 0.258 e. The van der Waals surface area contributed by atoms with Crippen molar-refractivity contribution in [3.63, 3.8) is 0 Å². The molecule has 0 bridgehead atoms. The highest BCUT2D eigenvalue weighted by molar-refractivity contribution is 7.80. The maximum atomic E-state index is 6.04. The molecule has 34 heavy (non-hydrogen) atoms. The van der Waals surface area contributed by atoms with E-state index in [1.165, 1.54) is 11.1 Å². The van der Waals surface area contributed by atoms with Crippen LogP contribution in [-0.2, 0) is 6.54 Å².